The summed E-state index contributed by atoms with van der Waals surface area (Å²) in [4.78, 5) is 16.5. The van der Waals surface area contributed by atoms with E-state index >= 15 is 0 Å². The number of nitrogens with zero attached hydrogens (tertiary/aromatic N) is 2. The standard InChI is InChI=1S/C23H29N3O2/c1-16-4-9-23-21(14-16)22(15-17(2)26(23)18(3)27)24-19-5-7-20(8-6-19)25-10-12-28-13-11-25/h4-9,14,17,22,24H,10-13,15H2,1-3H3/t17-,22+/m1/s1. The Labute approximate surface area is 167 Å². The van der Waals surface area contributed by atoms with Crippen molar-refractivity contribution in [1.82, 2.24) is 0 Å². The van der Waals surface area contributed by atoms with Crippen LogP contribution < -0.4 is 15.1 Å². The zero-order valence-electron chi connectivity index (χ0n) is 16.9. The maximum Gasteiger partial charge on any atom is 0.224 e. The maximum atomic E-state index is 12.2. The molecule has 2 aliphatic rings. The smallest absolute Gasteiger partial charge is 0.224 e. The normalized spacial score (nSPS) is 22.0. The number of ether oxygens (including phenoxy) is 1. The molecule has 28 heavy (non-hydrogen) atoms. The number of hydrogen-bond acceptors (Lipinski definition) is 4. The number of hydrogen-bond donors (Lipinski definition) is 1. The Bertz CT molecular complexity index is 843. The molecule has 2 heterocycles. The Kier molecular flexibility index (Phi) is 5.27. The van der Waals surface area contributed by atoms with Crippen LogP contribution in [0.4, 0.5) is 17.1 Å². The lowest BCUT2D eigenvalue weighted by molar-refractivity contribution is -0.117. The second-order valence-corrected chi connectivity index (χ2v) is 7.88. The summed E-state index contributed by atoms with van der Waals surface area (Å²) in [6, 6.07) is 15.4. The highest BCUT2D eigenvalue weighted by molar-refractivity contribution is 5.93. The molecule has 2 aromatic carbocycles. The van der Waals surface area contributed by atoms with Crippen molar-refractivity contribution in [3.63, 3.8) is 0 Å². The molecule has 0 aliphatic carbocycles. The van der Waals surface area contributed by atoms with Crippen LogP contribution in [0.25, 0.3) is 0 Å². The molecule has 5 heteroatoms. The third-order valence-corrected chi connectivity index (χ3v) is 5.76. The molecule has 5 nitrogen and oxygen atoms in total. The van der Waals surface area contributed by atoms with Crippen LogP contribution in [0.1, 0.15) is 37.4 Å². The summed E-state index contributed by atoms with van der Waals surface area (Å²) in [5.74, 6) is 0.103. The van der Waals surface area contributed by atoms with Crippen LogP contribution in [0.5, 0.6) is 0 Å². The summed E-state index contributed by atoms with van der Waals surface area (Å²) in [6.07, 6.45) is 0.890. The van der Waals surface area contributed by atoms with Crippen molar-refractivity contribution in [3.8, 4) is 0 Å². The SMILES string of the molecule is CC(=O)N1c2ccc(C)cc2[C@@H](Nc2ccc(N3CCOCC3)cc2)C[C@H]1C. The van der Waals surface area contributed by atoms with Crippen LogP contribution in [0, 0.1) is 6.92 Å². The number of nitrogens with one attached hydrogen (secondary N) is 1. The van der Waals surface area contributed by atoms with E-state index in [2.05, 4.69) is 66.5 Å². The molecule has 1 N–H and O–H groups in total. The molecular weight excluding hydrogens is 350 g/mol. The molecule has 148 valence electrons. The van der Waals surface area contributed by atoms with Crippen molar-refractivity contribution in [2.45, 2.75) is 39.3 Å². The summed E-state index contributed by atoms with van der Waals surface area (Å²) in [5.41, 5.74) is 5.79. The minimum Gasteiger partial charge on any atom is -0.378 e. The van der Waals surface area contributed by atoms with Crippen LogP contribution in [-0.4, -0.2) is 38.3 Å². The van der Waals surface area contributed by atoms with Crippen LogP contribution in [-0.2, 0) is 9.53 Å². The molecule has 0 radical (unpaired) electrons. The number of anilines is 3. The van der Waals surface area contributed by atoms with Gasteiger partial charge in [-0.05, 0) is 56.2 Å². The fraction of sp³-hybridized carbons (Fsp3) is 0.435. The van der Waals surface area contributed by atoms with E-state index < -0.39 is 0 Å². The molecule has 0 unspecified atom stereocenters. The second-order valence-electron chi connectivity index (χ2n) is 7.88. The molecule has 1 fully saturated rings. The summed E-state index contributed by atoms with van der Waals surface area (Å²) in [6.45, 7) is 9.36. The molecule has 0 saturated carbocycles. The quantitative estimate of drug-likeness (QED) is 0.871. The zero-order chi connectivity index (χ0) is 19.7. The van der Waals surface area contributed by atoms with Gasteiger partial charge in [-0.2, -0.15) is 0 Å². The first kappa shape index (κ1) is 18.8. The predicted octanol–water partition coefficient (Wildman–Crippen LogP) is 4.13. The number of carbonyl (C=O) groups is 1. The van der Waals surface area contributed by atoms with Crippen LogP contribution >= 0.6 is 0 Å². The number of fused-ring (bicyclic) bond motifs is 1. The number of carbonyl (C=O) groups excluding carboxylic acids is 1. The van der Waals surface area contributed by atoms with Gasteiger partial charge in [-0.15, -0.1) is 0 Å². The maximum absolute atomic E-state index is 12.2. The first-order valence-electron chi connectivity index (χ1n) is 10.1. The van der Waals surface area contributed by atoms with Gasteiger partial charge in [0.15, 0.2) is 0 Å². The van der Waals surface area contributed by atoms with Gasteiger partial charge in [0.1, 0.15) is 0 Å². The van der Waals surface area contributed by atoms with Gasteiger partial charge in [0.2, 0.25) is 5.91 Å². The van der Waals surface area contributed by atoms with E-state index in [1.807, 2.05) is 4.90 Å². The van der Waals surface area contributed by atoms with E-state index in [9.17, 15) is 4.79 Å². The van der Waals surface area contributed by atoms with E-state index in [1.54, 1.807) is 6.92 Å². The Morgan fingerprint density at radius 3 is 2.50 bits per heavy atom. The minimum absolute atomic E-state index is 0.103. The van der Waals surface area contributed by atoms with E-state index in [0.29, 0.717) is 0 Å². The first-order valence-corrected chi connectivity index (χ1v) is 10.1. The Morgan fingerprint density at radius 2 is 1.82 bits per heavy atom. The monoisotopic (exact) mass is 379 g/mol. The molecule has 0 aromatic heterocycles. The van der Waals surface area contributed by atoms with Gasteiger partial charge >= 0.3 is 0 Å². The lowest BCUT2D eigenvalue weighted by Crippen LogP contribution is -2.43. The molecule has 2 atom stereocenters. The second kappa shape index (κ2) is 7.84. The first-order chi connectivity index (χ1) is 13.5. The molecule has 0 bridgehead atoms. The van der Waals surface area contributed by atoms with Crippen LogP contribution in [0.15, 0.2) is 42.5 Å². The third kappa shape index (κ3) is 3.72. The number of benzene rings is 2. The van der Waals surface area contributed by atoms with Gasteiger partial charge in [0.25, 0.3) is 0 Å². The van der Waals surface area contributed by atoms with E-state index in [0.717, 1.165) is 44.1 Å². The van der Waals surface area contributed by atoms with Crippen molar-refractivity contribution < 1.29 is 9.53 Å². The van der Waals surface area contributed by atoms with E-state index in [1.165, 1.54) is 16.8 Å². The van der Waals surface area contributed by atoms with Crippen molar-refractivity contribution in [2.24, 2.45) is 0 Å². The summed E-state index contributed by atoms with van der Waals surface area (Å²) >= 11 is 0. The van der Waals surface area contributed by atoms with E-state index in [4.69, 9.17) is 4.74 Å². The van der Waals surface area contributed by atoms with Gasteiger partial charge in [-0.25, -0.2) is 0 Å². The number of aryl methyl sites for hydroxylation is 1. The van der Waals surface area contributed by atoms with Gasteiger partial charge in [-0.1, -0.05) is 17.7 Å². The summed E-state index contributed by atoms with van der Waals surface area (Å²) < 4.78 is 5.44. The largest absolute Gasteiger partial charge is 0.378 e. The highest BCUT2D eigenvalue weighted by Crippen LogP contribution is 2.39. The molecule has 0 spiro atoms. The molecule has 1 saturated heterocycles. The highest BCUT2D eigenvalue weighted by atomic mass is 16.5. The summed E-state index contributed by atoms with van der Waals surface area (Å²) in [7, 11) is 0. The fourth-order valence-electron chi connectivity index (χ4n) is 4.39. The lowest BCUT2D eigenvalue weighted by atomic mass is 9.90. The van der Waals surface area contributed by atoms with Crippen molar-refractivity contribution in [3.05, 3.63) is 53.6 Å². The molecular formula is C23H29N3O2. The average molecular weight is 380 g/mol. The number of morpholine rings is 1. The minimum atomic E-state index is 0.103. The van der Waals surface area contributed by atoms with Gasteiger partial charge in [-0.3, -0.25) is 4.79 Å². The molecule has 2 aromatic rings. The van der Waals surface area contributed by atoms with Crippen molar-refractivity contribution in [1.29, 1.82) is 0 Å². The number of amides is 1. The zero-order valence-corrected chi connectivity index (χ0v) is 16.9. The molecule has 1 amide bonds. The average Bonchev–Trinajstić information content (AvgIpc) is 2.69. The van der Waals surface area contributed by atoms with Crippen LogP contribution in [0.3, 0.4) is 0 Å². The van der Waals surface area contributed by atoms with Gasteiger partial charge in [0.05, 0.1) is 19.3 Å². The van der Waals surface area contributed by atoms with Crippen molar-refractivity contribution >= 4 is 23.0 Å². The van der Waals surface area contributed by atoms with Crippen molar-refractivity contribution in [2.75, 3.05) is 41.4 Å². The third-order valence-electron chi connectivity index (χ3n) is 5.76. The molecule has 4 rings (SSSR count). The van der Waals surface area contributed by atoms with Gasteiger partial charge < -0.3 is 19.9 Å². The Balaban J connectivity index is 1.56. The van der Waals surface area contributed by atoms with Crippen LogP contribution in [0.2, 0.25) is 0 Å². The lowest BCUT2D eigenvalue weighted by Gasteiger charge is -2.39. The Morgan fingerprint density at radius 1 is 1.11 bits per heavy atom. The Hall–Kier alpha value is -2.53. The topological polar surface area (TPSA) is 44.8 Å². The fourth-order valence-corrected chi connectivity index (χ4v) is 4.39. The molecule has 2 aliphatic heterocycles. The van der Waals surface area contributed by atoms with Gasteiger partial charge in [0, 0.05) is 43.1 Å². The number of rotatable bonds is 3. The summed E-state index contributed by atoms with van der Waals surface area (Å²) in [5, 5.41) is 3.70. The van der Waals surface area contributed by atoms with E-state index in [-0.39, 0.29) is 18.0 Å². The highest BCUT2D eigenvalue weighted by Gasteiger charge is 2.32. The predicted molar refractivity (Wildman–Crippen MR) is 114 cm³/mol.